The number of aromatic nitrogens is 1. The van der Waals surface area contributed by atoms with Gasteiger partial charge in [-0.15, -0.1) is 0 Å². The number of carbonyl (C=O) groups excluding carboxylic acids is 1. The van der Waals surface area contributed by atoms with Crippen molar-refractivity contribution in [3.63, 3.8) is 0 Å². The van der Waals surface area contributed by atoms with E-state index in [2.05, 4.69) is 24.3 Å². The first-order chi connectivity index (χ1) is 17.1. The van der Waals surface area contributed by atoms with Gasteiger partial charge in [0, 0.05) is 36.3 Å². The molecule has 6 rings (SSSR count). The lowest BCUT2D eigenvalue weighted by Gasteiger charge is -2.29. The Morgan fingerprint density at radius 1 is 0.971 bits per heavy atom. The number of carbonyl (C=O) groups is 1. The fourth-order valence-electron chi connectivity index (χ4n) is 5.32. The second-order valence-electron chi connectivity index (χ2n) is 9.42. The van der Waals surface area contributed by atoms with Crippen LogP contribution in [0.2, 0.25) is 0 Å². The molecule has 0 fully saturated rings. The summed E-state index contributed by atoms with van der Waals surface area (Å²) in [6, 6.07) is 23.6. The molecule has 5 heteroatoms. The fourth-order valence-corrected chi connectivity index (χ4v) is 5.32. The van der Waals surface area contributed by atoms with Crippen molar-refractivity contribution in [2.45, 2.75) is 39.3 Å². The molecule has 0 spiro atoms. The molecule has 0 saturated carbocycles. The summed E-state index contributed by atoms with van der Waals surface area (Å²) in [4.78, 5) is 15.1. The van der Waals surface area contributed by atoms with Crippen LogP contribution in [0, 0.1) is 12.7 Å². The summed E-state index contributed by atoms with van der Waals surface area (Å²) in [7, 11) is 0. The summed E-state index contributed by atoms with van der Waals surface area (Å²) >= 11 is 0. The Morgan fingerprint density at radius 2 is 1.77 bits per heavy atom. The van der Waals surface area contributed by atoms with E-state index in [1.165, 1.54) is 11.1 Å². The number of fused-ring (bicyclic) bond motifs is 4. The van der Waals surface area contributed by atoms with E-state index < -0.39 is 0 Å². The van der Waals surface area contributed by atoms with Gasteiger partial charge >= 0.3 is 0 Å². The average molecular weight is 467 g/mol. The third kappa shape index (κ3) is 3.91. The standard InChI is InChI=1S/C30H27FN2O2/c1-20-10-12-27(26(31)16-20)33-24(17-23-19-35-28-9-5-4-8-25(28)30(23)33)11-13-29(34)32-15-14-21-6-2-3-7-22(21)18-32/h2-10,12,16-17H,11,13-15,18-19H2,1H3. The zero-order chi connectivity index (χ0) is 23.9. The molecule has 3 aromatic carbocycles. The second-order valence-corrected chi connectivity index (χ2v) is 9.42. The number of hydrogen-bond acceptors (Lipinski definition) is 2. The summed E-state index contributed by atoms with van der Waals surface area (Å²) in [6.07, 6.45) is 1.79. The SMILES string of the molecule is Cc1ccc(-n2c(CCC(=O)N3CCc4ccccc4C3)cc3c2-c2ccccc2OC3)c(F)c1. The maximum Gasteiger partial charge on any atom is 0.223 e. The fraction of sp³-hybridized carbons (Fsp3) is 0.233. The van der Waals surface area contributed by atoms with E-state index in [1.807, 2.05) is 58.9 Å². The molecule has 0 radical (unpaired) electrons. The number of para-hydroxylation sites is 1. The highest BCUT2D eigenvalue weighted by Gasteiger charge is 2.27. The molecular weight excluding hydrogens is 439 g/mol. The normalized spacial score (nSPS) is 14.1. The van der Waals surface area contributed by atoms with E-state index in [0.29, 0.717) is 31.7 Å². The van der Waals surface area contributed by atoms with Crippen LogP contribution < -0.4 is 4.74 Å². The molecule has 0 unspecified atom stereocenters. The highest BCUT2D eigenvalue weighted by atomic mass is 19.1. The van der Waals surface area contributed by atoms with Crippen molar-refractivity contribution in [1.82, 2.24) is 9.47 Å². The molecule has 4 aromatic rings. The first-order valence-corrected chi connectivity index (χ1v) is 12.2. The van der Waals surface area contributed by atoms with Crippen LogP contribution in [0.15, 0.2) is 72.8 Å². The lowest BCUT2D eigenvalue weighted by atomic mass is 9.99. The highest BCUT2D eigenvalue weighted by Crippen LogP contribution is 2.41. The van der Waals surface area contributed by atoms with Gasteiger partial charge in [-0.3, -0.25) is 4.79 Å². The Bertz CT molecular complexity index is 1440. The predicted octanol–water partition coefficient (Wildman–Crippen LogP) is 6.00. The van der Waals surface area contributed by atoms with E-state index in [9.17, 15) is 4.79 Å². The van der Waals surface area contributed by atoms with Gasteiger partial charge in [0.05, 0.1) is 11.4 Å². The summed E-state index contributed by atoms with van der Waals surface area (Å²) in [5.41, 5.74) is 7.75. The third-order valence-corrected chi connectivity index (χ3v) is 7.10. The van der Waals surface area contributed by atoms with E-state index in [4.69, 9.17) is 4.74 Å². The van der Waals surface area contributed by atoms with Crippen molar-refractivity contribution in [3.8, 4) is 22.7 Å². The Balaban J connectivity index is 1.34. The van der Waals surface area contributed by atoms with Crippen LogP contribution in [0.1, 0.15) is 34.4 Å². The number of halogens is 1. The van der Waals surface area contributed by atoms with Gasteiger partial charge in [0.15, 0.2) is 0 Å². The maximum atomic E-state index is 15.2. The zero-order valence-corrected chi connectivity index (χ0v) is 19.8. The van der Waals surface area contributed by atoms with Crippen LogP contribution in [0.25, 0.3) is 16.9 Å². The monoisotopic (exact) mass is 466 g/mol. The van der Waals surface area contributed by atoms with Crippen molar-refractivity contribution < 1.29 is 13.9 Å². The van der Waals surface area contributed by atoms with Crippen molar-refractivity contribution >= 4 is 5.91 Å². The minimum Gasteiger partial charge on any atom is -0.488 e. The lowest BCUT2D eigenvalue weighted by Crippen LogP contribution is -2.36. The number of amides is 1. The number of nitrogens with zero attached hydrogens (tertiary/aromatic N) is 2. The van der Waals surface area contributed by atoms with Crippen LogP contribution in [-0.2, 0) is 30.8 Å². The number of benzene rings is 3. The van der Waals surface area contributed by atoms with Crippen LogP contribution in [0.5, 0.6) is 5.75 Å². The summed E-state index contributed by atoms with van der Waals surface area (Å²) in [6.45, 7) is 3.70. The molecule has 4 nitrogen and oxygen atoms in total. The molecule has 2 aliphatic rings. The molecule has 35 heavy (non-hydrogen) atoms. The van der Waals surface area contributed by atoms with E-state index in [1.54, 1.807) is 6.07 Å². The van der Waals surface area contributed by atoms with Crippen LogP contribution >= 0.6 is 0 Å². The quantitative estimate of drug-likeness (QED) is 0.370. The van der Waals surface area contributed by atoms with Crippen molar-refractivity contribution in [3.05, 3.63) is 107 Å². The van der Waals surface area contributed by atoms with Gasteiger partial charge in [-0.1, -0.05) is 42.5 Å². The molecule has 0 aliphatic carbocycles. The minimum atomic E-state index is -0.271. The number of hydrogen-bond donors (Lipinski definition) is 0. The van der Waals surface area contributed by atoms with Crippen molar-refractivity contribution in [2.75, 3.05) is 6.54 Å². The first kappa shape index (κ1) is 21.7. The van der Waals surface area contributed by atoms with Gasteiger partial charge < -0.3 is 14.2 Å². The van der Waals surface area contributed by atoms with Gasteiger partial charge in [-0.2, -0.15) is 0 Å². The van der Waals surface area contributed by atoms with E-state index >= 15 is 4.39 Å². The maximum absolute atomic E-state index is 15.2. The van der Waals surface area contributed by atoms with Crippen LogP contribution in [0.3, 0.4) is 0 Å². The van der Waals surface area contributed by atoms with Gasteiger partial charge in [0.2, 0.25) is 5.91 Å². The highest BCUT2D eigenvalue weighted by molar-refractivity contribution is 5.78. The molecule has 176 valence electrons. The smallest absolute Gasteiger partial charge is 0.223 e. The molecule has 0 atom stereocenters. The predicted molar refractivity (Wildman–Crippen MR) is 134 cm³/mol. The number of rotatable bonds is 4. The van der Waals surface area contributed by atoms with Gasteiger partial charge in [0.25, 0.3) is 0 Å². The third-order valence-electron chi connectivity index (χ3n) is 7.10. The summed E-state index contributed by atoms with van der Waals surface area (Å²) in [5, 5.41) is 0. The van der Waals surface area contributed by atoms with E-state index in [0.717, 1.165) is 46.8 Å². The molecule has 0 saturated heterocycles. The Kier molecular flexibility index (Phi) is 5.40. The summed E-state index contributed by atoms with van der Waals surface area (Å²) < 4.78 is 23.2. The Morgan fingerprint density at radius 3 is 2.63 bits per heavy atom. The van der Waals surface area contributed by atoms with E-state index in [-0.39, 0.29) is 11.7 Å². The van der Waals surface area contributed by atoms with Gasteiger partial charge in [0.1, 0.15) is 18.2 Å². The molecule has 0 bridgehead atoms. The zero-order valence-electron chi connectivity index (χ0n) is 19.8. The minimum absolute atomic E-state index is 0.131. The van der Waals surface area contributed by atoms with Crippen molar-refractivity contribution in [2.24, 2.45) is 0 Å². The molecule has 0 N–H and O–H groups in total. The van der Waals surface area contributed by atoms with Gasteiger partial charge in [-0.25, -0.2) is 4.39 Å². The van der Waals surface area contributed by atoms with Gasteiger partial charge in [-0.05, 0) is 66.8 Å². The first-order valence-electron chi connectivity index (χ1n) is 12.2. The second kappa shape index (κ2) is 8.73. The van der Waals surface area contributed by atoms with Crippen LogP contribution in [0.4, 0.5) is 4.39 Å². The molecule has 3 heterocycles. The van der Waals surface area contributed by atoms with Crippen molar-refractivity contribution in [1.29, 1.82) is 0 Å². The molecule has 2 aliphatic heterocycles. The Labute approximate surface area is 204 Å². The molecular formula is C30H27FN2O2. The summed E-state index contributed by atoms with van der Waals surface area (Å²) in [5.74, 6) is 0.653. The number of aryl methyl sites for hydroxylation is 2. The van der Waals surface area contributed by atoms with Crippen LogP contribution in [-0.4, -0.2) is 21.9 Å². The Hall–Kier alpha value is -3.86. The average Bonchev–Trinajstić information content (AvgIpc) is 3.25. The topological polar surface area (TPSA) is 34.5 Å². The molecule has 1 aromatic heterocycles. The molecule has 1 amide bonds. The lowest BCUT2D eigenvalue weighted by molar-refractivity contribution is -0.132. The number of ether oxygens (including phenoxy) is 1. The largest absolute Gasteiger partial charge is 0.488 e.